The van der Waals surface area contributed by atoms with Crippen molar-refractivity contribution < 1.29 is 42.5 Å². The van der Waals surface area contributed by atoms with Crippen molar-refractivity contribution in [3.63, 3.8) is 0 Å². The molecule has 0 saturated carbocycles. The number of anilines is 3. The minimum Gasteiger partial charge on any atom is -0.505 e. The van der Waals surface area contributed by atoms with E-state index < -0.39 is 16.1 Å². The largest absolute Gasteiger partial charge is 0.505 e. The molecule has 0 unspecified atom stereocenters. The third-order valence-electron chi connectivity index (χ3n) is 6.91. The fourth-order valence-electron chi connectivity index (χ4n) is 4.18. The van der Waals surface area contributed by atoms with Gasteiger partial charge in [0.25, 0.3) is 0 Å². The SMILES string of the molecule is CCC(=O)Nc1nc(OC(=O)N(C)CCC#N)ccc1O.Cc1ccc(Oc2cc(NC(=O)C(C)C)c(O)c3cccc(NS(C)(=O)=O)c23)cc1. The van der Waals surface area contributed by atoms with Gasteiger partial charge in [-0.15, -0.1) is 0 Å². The maximum absolute atomic E-state index is 12.2. The van der Waals surface area contributed by atoms with Gasteiger partial charge in [0, 0.05) is 43.5 Å². The second kappa shape index (κ2) is 17.5. The van der Waals surface area contributed by atoms with E-state index in [1.54, 1.807) is 51.1 Å². The van der Waals surface area contributed by atoms with Crippen LogP contribution in [0.15, 0.2) is 60.7 Å². The lowest BCUT2D eigenvalue weighted by atomic mass is 10.0. The second-order valence-electron chi connectivity index (χ2n) is 11.5. The van der Waals surface area contributed by atoms with Gasteiger partial charge in [0.1, 0.15) is 17.2 Å². The van der Waals surface area contributed by atoms with Crippen molar-refractivity contribution in [3.8, 4) is 34.9 Å². The zero-order chi connectivity index (χ0) is 37.9. The molecule has 4 aromatic rings. The monoisotopic (exact) mass is 720 g/mol. The Labute approximate surface area is 295 Å². The molecule has 51 heavy (non-hydrogen) atoms. The average Bonchev–Trinajstić information content (AvgIpc) is 3.07. The summed E-state index contributed by atoms with van der Waals surface area (Å²) < 4.78 is 37.2. The van der Waals surface area contributed by atoms with Crippen LogP contribution in [-0.2, 0) is 19.6 Å². The number of phenols is 1. The van der Waals surface area contributed by atoms with Crippen LogP contribution in [0.25, 0.3) is 10.8 Å². The lowest BCUT2D eigenvalue weighted by Gasteiger charge is -2.18. The summed E-state index contributed by atoms with van der Waals surface area (Å²) in [6.45, 7) is 7.32. The first kappa shape index (κ1) is 39.4. The average molecular weight is 721 g/mol. The highest BCUT2D eigenvalue weighted by atomic mass is 32.2. The van der Waals surface area contributed by atoms with Gasteiger partial charge in [-0.25, -0.2) is 13.2 Å². The van der Waals surface area contributed by atoms with Gasteiger partial charge in [-0.05, 0) is 31.2 Å². The van der Waals surface area contributed by atoms with E-state index in [1.165, 1.54) is 30.1 Å². The first-order chi connectivity index (χ1) is 24.0. The van der Waals surface area contributed by atoms with Gasteiger partial charge in [-0.3, -0.25) is 14.3 Å². The van der Waals surface area contributed by atoms with Crippen LogP contribution in [0, 0.1) is 24.2 Å². The molecule has 3 aromatic carbocycles. The highest BCUT2D eigenvalue weighted by molar-refractivity contribution is 7.92. The van der Waals surface area contributed by atoms with Crippen molar-refractivity contribution in [2.75, 3.05) is 35.2 Å². The molecule has 1 heterocycles. The quantitative estimate of drug-likeness (QED) is 0.112. The number of nitrogens with zero attached hydrogens (tertiary/aromatic N) is 3. The molecule has 0 aliphatic rings. The Kier molecular flexibility index (Phi) is 13.5. The van der Waals surface area contributed by atoms with E-state index in [0.29, 0.717) is 16.5 Å². The van der Waals surface area contributed by atoms with Gasteiger partial charge in [0.05, 0.1) is 35.5 Å². The van der Waals surface area contributed by atoms with Crippen LogP contribution in [0.1, 0.15) is 39.2 Å². The zero-order valence-corrected chi connectivity index (χ0v) is 29.8. The minimum absolute atomic E-state index is 0.0620. The maximum atomic E-state index is 12.2. The molecule has 0 atom stereocenters. The van der Waals surface area contributed by atoms with Crippen LogP contribution in [0.3, 0.4) is 0 Å². The number of benzene rings is 3. The fraction of sp³-hybridized carbons (Fsp3) is 0.286. The van der Waals surface area contributed by atoms with E-state index in [-0.39, 0.29) is 77.4 Å². The molecule has 270 valence electrons. The number of nitrogens with one attached hydrogen (secondary N) is 3. The van der Waals surface area contributed by atoms with Crippen LogP contribution in [0.2, 0.25) is 0 Å². The van der Waals surface area contributed by atoms with Gasteiger partial charge in [-0.2, -0.15) is 10.2 Å². The van der Waals surface area contributed by atoms with Crippen molar-refractivity contribution in [3.05, 3.63) is 66.2 Å². The Morgan fingerprint density at radius 1 is 1.02 bits per heavy atom. The number of aryl methyl sites for hydroxylation is 1. The van der Waals surface area contributed by atoms with Gasteiger partial charge in [0.15, 0.2) is 11.6 Å². The Bertz CT molecular complexity index is 2050. The highest BCUT2D eigenvalue weighted by Gasteiger charge is 2.20. The molecule has 16 heteroatoms. The number of aromatic nitrogens is 1. The van der Waals surface area contributed by atoms with E-state index in [1.807, 2.05) is 25.1 Å². The first-order valence-electron chi connectivity index (χ1n) is 15.6. The molecule has 0 aliphatic heterocycles. The van der Waals surface area contributed by atoms with E-state index in [9.17, 15) is 33.0 Å². The summed E-state index contributed by atoms with van der Waals surface area (Å²) in [4.78, 5) is 40.3. The van der Waals surface area contributed by atoms with Crippen LogP contribution in [0.5, 0.6) is 28.9 Å². The number of nitriles is 1. The molecule has 0 spiro atoms. The number of carbonyl (C=O) groups is 3. The Balaban J connectivity index is 0.000000295. The number of amides is 3. The van der Waals surface area contributed by atoms with Crippen molar-refractivity contribution >= 4 is 55.9 Å². The first-order valence-corrected chi connectivity index (χ1v) is 17.5. The number of hydrogen-bond donors (Lipinski definition) is 5. The second-order valence-corrected chi connectivity index (χ2v) is 13.3. The fourth-order valence-corrected chi connectivity index (χ4v) is 4.75. The van der Waals surface area contributed by atoms with E-state index in [2.05, 4.69) is 20.3 Å². The molecule has 1 aromatic heterocycles. The normalized spacial score (nSPS) is 10.7. The molecule has 0 saturated heterocycles. The third kappa shape index (κ3) is 11.5. The highest BCUT2D eigenvalue weighted by Crippen LogP contribution is 2.44. The van der Waals surface area contributed by atoms with E-state index in [0.717, 1.165) is 11.8 Å². The zero-order valence-electron chi connectivity index (χ0n) is 29.0. The van der Waals surface area contributed by atoms with Crippen LogP contribution in [0.4, 0.5) is 22.0 Å². The molecule has 0 bridgehead atoms. The molecule has 5 N–H and O–H groups in total. The van der Waals surface area contributed by atoms with Crippen LogP contribution >= 0.6 is 0 Å². The standard InChI is InChI=1S/C22H24N2O5S.C13H16N4O4/c1-13(2)22(26)23-18-12-19(29-15-10-8-14(3)9-11-15)20-16(21(18)25)6-5-7-17(20)24-30(4,27)28;1-3-10(19)15-12-9(18)5-6-11(16-12)21-13(20)17(2)8-4-7-14/h5-13,24-25H,1-4H3,(H,23,26);5-6,18H,3-4,8H2,1-2H3,(H,15,16,19). The molecular weight excluding hydrogens is 680 g/mol. The van der Waals surface area contributed by atoms with E-state index in [4.69, 9.17) is 14.7 Å². The smallest absolute Gasteiger partial charge is 0.416 e. The van der Waals surface area contributed by atoms with Crippen molar-refractivity contribution in [2.24, 2.45) is 5.92 Å². The number of fused-ring (bicyclic) bond motifs is 1. The lowest BCUT2D eigenvalue weighted by molar-refractivity contribution is -0.119. The number of carbonyl (C=O) groups excluding carboxylic acids is 3. The van der Waals surface area contributed by atoms with Crippen molar-refractivity contribution in [1.29, 1.82) is 5.26 Å². The lowest BCUT2D eigenvalue weighted by Crippen LogP contribution is -2.30. The molecule has 15 nitrogen and oxygen atoms in total. The molecular formula is C35H40N6O9S. The number of ether oxygens (including phenoxy) is 2. The predicted octanol–water partition coefficient (Wildman–Crippen LogP) is 6.09. The van der Waals surface area contributed by atoms with Crippen LogP contribution < -0.4 is 24.8 Å². The number of pyridine rings is 1. The molecule has 0 aliphatic carbocycles. The van der Waals surface area contributed by atoms with Crippen LogP contribution in [-0.4, -0.2) is 66.3 Å². The Morgan fingerprint density at radius 2 is 1.71 bits per heavy atom. The number of phenolic OH excluding ortho intramolecular Hbond substituents is 1. The Hall–Kier alpha value is -6.08. The maximum Gasteiger partial charge on any atom is 0.416 e. The molecule has 4 rings (SSSR count). The summed E-state index contributed by atoms with van der Waals surface area (Å²) in [5, 5.41) is 34.6. The van der Waals surface area contributed by atoms with Gasteiger partial charge < -0.3 is 35.2 Å². The Morgan fingerprint density at radius 3 is 2.31 bits per heavy atom. The number of rotatable bonds is 11. The van der Waals surface area contributed by atoms with Gasteiger partial charge in [0.2, 0.25) is 27.7 Å². The summed E-state index contributed by atoms with van der Waals surface area (Å²) in [5.41, 5.74) is 1.50. The topological polar surface area (TPSA) is 220 Å². The van der Waals surface area contributed by atoms with Gasteiger partial charge >= 0.3 is 6.09 Å². The number of hydrogen-bond acceptors (Lipinski definition) is 11. The van der Waals surface area contributed by atoms with Crippen molar-refractivity contribution in [2.45, 2.75) is 40.5 Å². The van der Waals surface area contributed by atoms with Gasteiger partial charge in [-0.1, -0.05) is 50.6 Å². The predicted molar refractivity (Wildman–Crippen MR) is 193 cm³/mol. The summed E-state index contributed by atoms with van der Waals surface area (Å²) in [6, 6.07) is 18.1. The summed E-state index contributed by atoms with van der Waals surface area (Å²) in [7, 11) is -2.09. The number of aromatic hydroxyl groups is 2. The third-order valence-corrected chi connectivity index (χ3v) is 7.50. The number of sulfonamides is 1. The van der Waals surface area contributed by atoms with Crippen molar-refractivity contribution in [1.82, 2.24) is 9.88 Å². The molecule has 3 amide bonds. The van der Waals surface area contributed by atoms with E-state index >= 15 is 0 Å². The molecule has 0 radical (unpaired) electrons. The minimum atomic E-state index is -3.57. The summed E-state index contributed by atoms with van der Waals surface area (Å²) >= 11 is 0. The summed E-state index contributed by atoms with van der Waals surface area (Å²) in [5.74, 6) is -0.606. The summed E-state index contributed by atoms with van der Waals surface area (Å²) in [6.07, 6.45) is 0.772. The molecule has 0 fully saturated rings.